The Morgan fingerprint density at radius 2 is 1.93 bits per heavy atom. The molecule has 0 spiro atoms. The van der Waals surface area contributed by atoms with Gasteiger partial charge in [0.05, 0.1) is 24.7 Å². The highest BCUT2D eigenvalue weighted by Gasteiger charge is 2.40. The molecule has 2 rings (SSSR count). The fourth-order valence-corrected chi connectivity index (χ4v) is 3.54. The number of hydrogen-bond donors (Lipinski definition) is 3. The lowest BCUT2D eigenvalue weighted by Gasteiger charge is -2.29. The van der Waals surface area contributed by atoms with Gasteiger partial charge in [0.2, 0.25) is 5.91 Å². The highest BCUT2D eigenvalue weighted by molar-refractivity contribution is 5.81. The summed E-state index contributed by atoms with van der Waals surface area (Å²) in [6, 6.07) is 5.67. The predicted molar refractivity (Wildman–Crippen MR) is 97.6 cm³/mol. The SMILES string of the molecule is CC(C)N1C(=O)C[C@H](c2ccc(F)cc2)[C@H]1/C=C/[C@@H](O)C[C@@H](O)CC(=O)O. The van der Waals surface area contributed by atoms with Crippen LogP contribution in [0.25, 0.3) is 0 Å². The predicted octanol–water partition coefficient (Wildman–Crippen LogP) is 2.06. The van der Waals surface area contributed by atoms with E-state index >= 15 is 0 Å². The van der Waals surface area contributed by atoms with Gasteiger partial charge >= 0.3 is 5.97 Å². The normalized spacial score (nSPS) is 22.6. The molecule has 1 amide bonds. The molecule has 3 N–H and O–H groups in total. The van der Waals surface area contributed by atoms with Crippen molar-refractivity contribution in [3.63, 3.8) is 0 Å². The van der Waals surface area contributed by atoms with Gasteiger partial charge in [0.25, 0.3) is 0 Å². The second-order valence-corrected chi connectivity index (χ2v) is 7.19. The number of carboxylic acid groups (broad SMARTS) is 1. The second kappa shape index (κ2) is 9.10. The first-order valence-electron chi connectivity index (χ1n) is 9.02. The third kappa shape index (κ3) is 5.61. The maximum absolute atomic E-state index is 13.2. The Hall–Kier alpha value is -2.25. The maximum atomic E-state index is 13.2. The summed E-state index contributed by atoms with van der Waals surface area (Å²) in [5.41, 5.74) is 0.836. The van der Waals surface area contributed by atoms with Crippen LogP contribution in [-0.2, 0) is 9.59 Å². The number of hydrogen-bond acceptors (Lipinski definition) is 4. The summed E-state index contributed by atoms with van der Waals surface area (Å²) in [6.45, 7) is 3.80. The van der Waals surface area contributed by atoms with Gasteiger partial charge in [-0.15, -0.1) is 0 Å². The highest BCUT2D eigenvalue weighted by Crippen LogP contribution is 2.36. The van der Waals surface area contributed by atoms with Gasteiger partial charge in [0.15, 0.2) is 0 Å². The number of likely N-dealkylation sites (tertiary alicyclic amines) is 1. The fraction of sp³-hybridized carbons (Fsp3) is 0.500. The minimum Gasteiger partial charge on any atom is -0.481 e. The van der Waals surface area contributed by atoms with Crippen LogP contribution in [0, 0.1) is 5.82 Å². The zero-order valence-electron chi connectivity index (χ0n) is 15.5. The molecule has 1 heterocycles. The summed E-state index contributed by atoms with van der Waals surface area (Å²) >= 11 is 0. The molecule has 4 atom stereocenters. The molecule has 27 heavy (non-hydrogen) atoms. The van der Waals surface area contributed by atoms with Crippen molar-refractivity contribution in [2.75, 3.05) is 0 Å². The van der Waals surface area contributed by atoms with E-state index in [-0.39, 0.29) is 42.6 Å². The van der Waals surface area contributed by atoms with Crippen molar-refractivity contribution in [3.8, 4) is 0 Å². The van der Waals surface area contributed by atoms with Crippen LogP contribution in [0.4, 0.5) is 4.39 Å². The van der Waals surface area contributed by atoms with Crippen molar-refractivity contribution in [1.29, 1.82) is 0 Å². The van der Waals surface area contributed by atoms with E-state index < -0.39 is 24.6 Å². The number of aliphatic hydroxyl groups is 2. The second-order valence-electron chi connectivity index (χ2n) is 7.19. The maximum Gasteiger partial charge on any atom is 0.305 e. The van der Waals surface area contributed by atoms with Crippen LogP contribution in [0.15, 0.2) is 36.4 Å². The number of aliphatic hydroxyl groups excluding tert-OH is 2. The number of carboxylic acids is 1. The number of rotatable bonds is 8. The molecule has 1 aromatic rings. The average molecular weight is 379 g/mol. The Kier molecular flexibility index (Phi) is 7.10. The molecule has 1 aromatic carbocycles. The number of carbonyl (C=O) groups is 2. The molecule has 1 aliphatic rings. The van der Waals surface area contributed by atoms with E-state index in [1.54, 1.807) is 23.1 Å². The van der Waals surface area contributed by atoms with Gasteiger partial charge in [-0.3, -0.25) is 9.59 Å². The van der Waals surface area contributed by atoms with Crippen molar-refractivity contribution >= 4 is 11.9 Å². The molecule has 1 saturated heterocycles. The molecular formula is C20H26FNO5. The third-order valence-electron chi connectivity index (χ3n) is 4.72. The molecule has 148 valence electrons. The van der Waals surface area contributed by atoms with Gasteiger partial charge in [0.1, 0.15) is 5.82 Å². The number of nitrogens with zero attached hydrogens (tertiary/aromatic N) is 1. The van der Waals surface area contributed by atoms with Gasteiger partial charge in [-0.2, -0.15) is 0 Å². The van der Waals surface area contributed by atoms with E-state index in [0.717, 1.165) is 5.56 Å². The molecule has 1 aliphatic heterocycles. The van der Waals surface area contributed by atoms with E-state index in [0.29, 0.717) is 0 Å². The van der Waals surface area contributed by atoms with Crippen molar-refractivity contribution in [2.24, 2.45) is 0 Å². The Balaban J connectivity index is 2.17. The van der Waals surface area contributed by atoms with Gasteiger partial charge in [-0.1, -0.05) is 24.3 Å². The summed E-state index contributed by atoms with van der Waals surface area (Å²) in [5, 5.41) is 28.4. The molecule has 7 heteroatoms. The van der Waals surface area contributed by atoms with E-state index in [9.17, 15) is 24.2 Å². The zero-order valence-corrected chi connectivity index (χ0v) is 15.5. The summed E-state index contributed by atoms with van der Waals surface area (Å²) in [6.07, 6.45) is 0.767. The van der Waals surface area contributed by atoms with Crippen molar-refractivity contribution in [1.82, 2.24) is 4.90 Å². The molecule has 0 bridgehead atoms. The van der Waals surface area contributed by atoms with Crippen LogP contribution in [0.3, 0.4) is 0 Å². The minimum absolute atomic E-state index is 0.0191. The number of carbonyl (C=O) groups excluding carboxylic acids is 1. The monoisotopic (exact) mass is 379 g/mol. The van der Waals surface area contributed by atoms with Crippen molar-refractivity contribution < 1.29 is 29.3 Å². The topological polar surface area (TPSA) is 98.1 Å². The molecule has 0 aliphatic carbocycles. The molecular weight excluding hydrogens is 353 g/mol. The van der Waals surface area contributed by atoms with Crippen LogP contribution in [0.1, 0.15) is 44.6 Å². The zero-order chi connectivity index (χ0) is 20.1. The Morgan fingerprint density at radius 3 is 2.48 bits per heavy atom. The average Bonchev–Trinajstić information content (AvgIpc) is 2.89. The van der Waals surface area contributed by atoms with Crippen LogP contribution >= 0.6 is 0 Å². The molecule has 0 saturated carbocycles. The fourth-order valence-electron chi connectivity index (χ4n) is 3.54. The summed E-state index contributed by atoms with van der Waals surface area (Å²) < 4.78 is 13.2. The standard InChI is InChI=1S/C20H26FNO5/c1-12(2)22-18(8-7-15(23)9-16(24)10-20(26)27)17(11-19(22)25)13-3-5-14(21)6-4-13/h3-8,12,15-18,23-24H,9-11H2,1-2H3,(H,26,27)/b8-7+/t15-,16-,17-,18-/m1/s1. The smallest absolute Gasteiger partial charge is 0.305 e. The lowest BCUT2D eigenvalue weighted by Crippen LogP contribution is -2.39. The van der Waals surface area contributed by atoms with Gasteiger partial charge in [-0.05, 0) is 31.5 Å². The van der Waals surface area contributed by atoms with E-state index in [1.807, 2.05) is 13.8 Å². The number of amides is 1. The number of aliphatic carboxylic acids is 1. The van der Waals surface area contributed by atoms with Crippen LogP contribution in [-0.4, -0.2) is 56.4 Å². The van der Waals surface area contributed by atoms with E-state index in [1.165, 1.54) is 18.2 Å². The van der Waals surface area contributed by atoms with Gasteiger partial charge < -0.3 is 20.2 Å². The minimum atomic E-state index is -1.15. The first kappa shape index (κ1) is 21.1. The van der Waals surface area contributed by atoms with E-state index in [4.69, 9.17) is 5.11 Å². The van der Waals surface area contributed by atoms with Crippen LogP contribution in [0.2, 0.25) is 0 Å². The first-order chi connectivity index (χ1) is 12.7. The molecule has 6 nitrogen and oxygen atoms in total. The highest BCUT2D eigenvalue weighted by atomic mass is 19.1. The summed E-state index contributed by atoms with van der Waals surface area (Å²) in [7, 11) is 0. The lowest BCUT2D eigenvalue weighted by molar-refractivity contribution is -0.139. The van der Waals surface area contributed by atoms with Crippen molar-refractivity contribution in [2.45, 2.75) is 63.3 Å². The summed E-state index contributed by atoms with van der Waals surface area (Å²) in [4.78, 5) is 24.8. The number of benzene rings is 1. The quantitative estimate of drug-likeness (QED) is 0.601. The lowest BCUT2D eigenvalue weighted by atomic mass is 9.90. The first-order valence-corrected chi connectivity index (χ1v) is 9.02. The largest absolute Gasteiger partial charge is 0.481 e. The van der Waals surface area contributed by atoms with Crippen molar-refractivity contribution in [3.05, 3.63) is 47.8 Å². The van der Waals surface area contributed by atoms with E-state index in [2.05, 4.69) is 0 Å². The molecule has 0 radical (unpaired) electrons. The Morgan fingerprint density at radius 1 is 1.30 bits per heavy atom. The Labute approximate surface area is 157 Å². The third-order valence-corrected chi connectivity index (χ3v) is 4.72. The number of halogens is 1. The molecule has 0 unspecified atom stereocenters. The van der Waals surface area contributed by atoms with Gasteiger partial charge in [-0.25, -0.2) is 4.39 Å². The van der Waals surface area contributed by atoms with Crippen LogP contribution in [0.5, 0.6) is 0 Å². The Bertz CT molecular complexity index is 688. The van der Waals surface area contributed by atoms with Gasteiger partial charge in [0, 0.05) is 24.8 Å². The van der Waals surface area contributed by atoms with Crippen LogP contribution < -0.4 is 0 Å². The molecule has 0 aromatic heterocycles. The molecule has 1 fully saturated rings. The summed E-state index contributed by atoms with van der Waals surface area (Å²) in [5.74, 6) is -1.68.